The number of rotatable bonds is 6. The van der Waals surface area contributed by atoms with Crippen LogP contribution in [-0.4, -0.2) is 55.1 Å². The van der Waals surface area contributed by atoms with E-state index >= 15 is 0 Å². The van der Waals surface area contributed by atoms with E-state index in [9.17, 15) is 9.59 Å². The number of carbonyl (C=O) groups is 2. The van der Waals surface area contributed by atoms with Crippen molar-refractivity contribution in [2.45, 2.75) is 11.9 Å². The quantitative estimate of drug-likeness (QED) is 0.694. The lowest BCUT2D eigenvalue weighted by atomic mass is 10.1. The Labute approximate surface area is 168 Å². The molecule has 0 spiro atoms. The van der Waals surface area contributed by atoms with Gasteiger partial charge in [-0.3, -0.25) is 9.59 Å². The lowest BCUT2D eigenvalue weighted by molar-refractivity contribution is -0.140. The van der Waals surface area contributed by atoms with Gasteiger partial charge in [-0.15, -0.1) is 11.8 Å². The third-order valence-corrected chi connectivity index (χ3v) is 5.63. The molecule has 0 bridgehead atoms. The van der Waals surface area contributed by atoms with E-state index in [2.05, 4.69) is 0 Å². The SMILES string of the molecule is COC(=O)[C@@H]1CN(C(=O)c2ccc(OCc3ccccc3)c(OC)c2)CCS1. The van der Waals surface area contributed by atoms with Crippen LogP contribution in [0.1, 0.15) is 15.9 Å². The fraction of sp³-hybridized carbons (Fsp3) is 0.333. The van der Waals surface area contributed by atoms with E-state index in [0.29, 0.717) is 42.5 Å². The highest BCUT2D eigenvalue weighted by Gasteiger charge is 2.30. The molecular formula is C21H23NO5S. The number of benzene rings is 2. The monoisotopic (exact) mass is 401 g/mol. The number of hydrogen-bond donors (Lipinski definition) is 0. The van der Waals surface area contributed by atoms with Crippen LogP contribution in [0.15, 0.2) is 48.5 Å². The molecule has 3 rings (SSSR count). The summed E-state index contributed by atoms with van der Waals surface area (Å²) in [5.74, 6) is 1.33. The van der Waals surface area contributed by atoms with Crippen LogP contribution in [0.5, 0.6) is 11.5 Å². The molecule has 7 heteroatoms. The highest BCUT2D eigenvalue weighted by atomic mass is 32.2. The van der Waals surface area contributed by atoms with Crippen molar-refractivity contribution >= 4 is 23.6 Å². The third-order valence-electron chi connectivity index (χ3n) is 4.47. The minimum atomic E-state index is -0.349. The molecule has 1 amide bonds. The molecular weight excluding hydrogens is 378 g/mol. The minimum absolute atomic E-state index is 0.137. The molecule has 0 unspecified atom stereocenters. The molecule has 1 saturated heterocycles. The molecule has 1 aliphatic rings. The molecule has 0 N–H and O–H groups in total. The van der Waals surface area contributed by atoms with E-state index < -0.39 is 0 Å². The maximum Gasteiger partial charge on any atom is 0.320 e. The van der Waals surface area contributed by atoms with Gasteiger partial charge in [0.2, 0.25) is 0 Å². The summed E-state index contributed by atoms with van der Waals surface area (Å²) in [6.45, 7) is 1.34. The van der Waals surface area contributed by atoms with Crippen LogP contribution < -0.4 is 9.47 Å². The number of thioether (sulfide) groups is 1. The van der Waals surface area contributed by atoms with Gasteiger partial charge >= 0.3 is 5.97 Å². The zero-order valence-corrected chi connectivity index (χ0v) is 16.7. The van der Waals surface area contributed by atoms with Gasteiger partial charge in [0.1, 0.15) is 11.9 Å². The van der Waals surface area contributed by atoms with Crippen LogP contribution in [0.2, 0.25) is 0 Å². The Bertz CT molecular complexity index is 827. The fourth-order valence-electron chi connectivity index (χ4n) is 2.95. The average molecular weight is 401 g/mol. The Balaban J connectivity index is 1.70. The van der Waals surface area contributed by atoms with Crippen molar-refractivity contribution in [1.82, 2.24) is 4.90 Å². The molecule has 28 heavy (non-hydrogen) atoms. The van der Waals surface area contributed by atoms with Crippen LogP contribution >= 0.6 is 11.8 Å². The van der Waals surface area contributed by atoms with Gasteiger partial charge in [-0.05, 0) is 23.8 Å². The van der Waals surface area contributed by atoms with Gasteiger partial charge < -0.3 is 19.1 Å². The number of nitrogens with zero attached hydrogens (tertiary/aromatic N) is 1. The number of hydrogen-bond acceptors (Lipinski definition) is 6. The van der Waals surface area contributed by atoms with Crippen LogP contribution in [0.25, 0.3) is 0 Å². The Morgan fingerprint density at radius 3 is 2.61 bits per heavy atom. The first-order valence-electron chi connectivity index (χ1n) is 8.96. The number of ether oxygens (including phenoxy) is 3. The molecule has 1 aliphatic heterocycles. The van der Waals surface area contributed by atoms with Crippen molar-refractivity contribution in [2.75, 3.05) is 33.1 Å². The molecule has 0 radical (unpaired) electrons. The summed E-state index contributed by atoms with van der Waals surface area (Å²) in [7, 11) is 2.91. The summed E-state index contributed by atoms with van der Waals surface area (Å²) in [4.78, 5) is 26.3. The maximum atomic E-state index is 12.9. The van der Waals surface area contributed by atoms with Crippen molar-refractivity contribution in [3.05, 3.63) is 59.7 Å². The van der Waals surface area contributed by atoms with Gasteiger partial charge in [-0.1, -0.05) is 30.3 Å². The van der Waals surface area contributed by atoms with E-state index in [1.54, 1.807) is 30.2 Å². The zero-order chi connectivity index (χ0) is 19.9. The summed E-state index contributed by atoms with van der Waals surface area (Å²) in [5, 5.41) is -0.349. The average Bonchev–Trinajstić information content (AvgIpc) is 2.77. The number of amides is 1. The van der Waals surface area contributed by atoms with Crippen molar-refractivity contribution in [1.29, 1.82) is 0 Å². The summed E-state index contributed by atoms with van der Waals surface area (Å²) < 4.78 is 16.1. The summed E-state index contributed by atoms with van der Waals surface area (Å²) in [6.07, 6.45) is 0. The first-order chi connectivity index (χ1) is 13.6. The van der Waals surface area contributed by atoms with Crippen molar-refractivity contribution in [2.24, 2.45) is 0 Å². The predicted octanol–water partition coefficient (Wildman–Crippen LogP) is 3.00. The predicted molar refractivity (Wildman–Crippen MR) is 108 cm³/mol. The molecule has 2 aromatic rings. The van der Waals surface area contributed by atoms with Crippen molar-refractivity contribution in [3.63, 3.8) is 0 Å². The number of carbonyl (C=O) groups excluding carboxylic acids is 2. The van der Waals surface area contributed by atoms with Gasteiger partial charge in [0.05, 0.1) is 14.2 Å². The topological polar surface area (TPSA) is 65.1 Å². The molecule has 1 fully saturated rings. The lowest BCUT2D eigenvalue weighted by Crippen LogP contribution is -2.44. The second kappa shape index (κ2) is 9.50. The van der Waals surface area contributed by atoms with Gasteiger partial charge in [-0.25, -0.2) is 0 Å². The first kappa shape index (κ1) is 20.1. The van der Waals surface area contributed by atoms with E-state index in [1.807, 2.05) is 30.3 Å². The first-order valence-corrected chi connectivity index (χ1v) is 10.0. The zero-order valence-electron chi connectivity index (χ0n) is 15.9. The Hall–Kier alpha value is -2.67. The van der Waals surface area contributed by atoms with Crippen LogP contribution in [-0.2, 0) is 16.1 Å². The molecule has 2 aromatic carbocycles. The van der Waals surface area contributed by atoms with Crippen LogP contribution in [0.3, 0.4) is 0 Å². The second-order valence-corrected chi connectivity index (χ2v) is 7.58. The Morgan fingerprint density at radius 2 is 1.89 bits per heavy atom. The molecule has 1 heterocycles. The van der Waals surface area contributed by atoms with E-state index in [1.165, 1.54) is 18.9 Å². The summed E-state index contributed by atoms with van der Waals surface area (Å²) in [5.41, 5.74) is 1.55. The molecule has 6 nitrogen and oxygen atoms in total. The van der Waals surface area contributed by atoms with E-state index in [-0.39, 0.29) is 17.1 Å². The molecule has 0 saturated carbocycles. The highest BCUT2D eigenvalue weighted by molar-refractivity contribution is 8.00. The van der Waals surface area contributed by atoms with Crippen LogP contribution in [0, 0.1) is 0 Å². The summed E-state index contributed by atoms with van der Waals surface area (Å²) in [6, 6.07) is 15.0. The minimum Gasteiger partial charge on any atom is -0.493 e. The summed E-state index contributed by atoms with van der Waals surface area (Å²) >= 11 is 1.51. The maximum absolute atomic E-state index is 12.9. The third kappa shape index (κ3) is 4.78. The normalized spacial score (nSPS) is 16.4. The Morgan fingerprint density at radius 1 is 1.11 bits per heavy atom. The Kier molecular flexibility index (Phi) is 6.81. The van der Waals surface area contributed by atoms with Gasteiger partial charge in [0.25, 0.3) is 5.91 Å². The standard InChI is InChI=1S/C21H23NO5S/c1-25-18-12-16(8-9-17(18)27-14-15-6-4-3-5-7-15)20(23)22-10-11-28-19(13-22)21(24)26-2/h3-9,12,19H,10-11,13-14H2,1-2H3/t19-/m0/s1. The van der Waals surface area contributed by atoms with Crippen LogP contribution in [0.4, 0.5) is 0 Å². The van der Waals surface area contributed by atoms with Gasteiger partial charge in [-0.2, -0.15) is 0 Å². The smallest absolute Gasteiger partial charge is 0.320 e. The molecule has 1 atom stereocenters. The molecule has 0 aliphatic carbocycles. The van der Waals surface area contributed by atoms with Crippen molar-refractivity contribution in [3.8, 4) is 11.5 Å². The van der Waals surface area contributed by atoms with Gasteiger partial charge in [0.15, 0.2) is 11.5 Å². The number of esters is 1. The van der Waals surface area contributed by atoms with E-state index in [4.69, 9.17) is 14.2 Å². The fourth-order valence-corrected chi connectivity index (χ4v) is 4.07. The van der Waals surface area contributed by atoms with E-state index in [0.717, 1.165) is 5.56 Å². The molecule has 148 valence electrons. The number of methoxy groups -OCH3 is 2. The molecule has 0 aromatic heterocycles. The highest BCUT2D eigenvalue weighted by Crippen LogP contribution is 2.30. The lowest BCUT2D eigenvalue weighted by Gasteiger charge is -2.31. The second-order valence-electron chi connectivity index (χ2n) is 6.27. The van der Waals surface area contributed by atoms with Gasteiger partial charge in [0, 0.05) is 24.4 Å². The largest absolute Gasteiger partial charge is 0.493 e. The van der Waals surface area contributed by atoms with Crippen molar-refractivity contribution < 1.29 is 23.8 Å².